The standard InChI is InChI=1S/C17H24N2O/c1-3-5-10-14(8-4-2)19-16(18)12-13-9-6-7-11-15(13)17(19)20/h6-7,9,11-12,14H,3-5,8,10,18H2,1-2H3. The Balaban J connectivity index is 2.53. The van der Waals surface area contributed by atoms with E-state index >= 15 is 0 Å². The number of hydrogen-bond donors (Lipinski definition) is 1. The molecule has 0 saturated heterocycles. The van der Waals surface area contributed by atoms with Crippen LogP contribution in [0.3, 0.4) is 0 Å². The van der Waals surface area contributed by atoms with Gasteiger partial charge in [-0.15, -0.1) is 0 Å². The maximum Gasteiger partial charge on any atom is 0.260 e. The summed E-state index contributed by atoms with van der Waals surface area (Å²) in [5.41, 5.74) is 6.20. The zero-order chi connectivity index (χ0) is 14.5. The molecule has 0 aliphatic heterocycles. The Morgan fingerprint density at radius 2 is 1.90 bits per heavy atom. The van der Waals surface area contributed by atoms with Crippen molar-refractivity contribution in [2.24, 2.45) is 0 Å². The fraction of sp³-hybridized carbons (Fsp3) is 0.471. The van der Waals surface area contributed by atoms with Crippen molar-refractivity contribution in [2.75, 3.05) is 5.73 Å². The van der Waals surface area contributed by atoms with E-state index in [9.17, 15) is 4.79 Å². The van der Waals surface area contributed by atoms with E-state index in [0.717, 1.165) is 42.9 Å². The molecule has 108 valence electrons. The number of fused-ring (bicyclic) bond motifs is 1. The zero-order valence-corrected chi connectivity index (χ0v) is 12.4. The van der Waals surface area contributed by atoms with Crippen LogP contribution in [0.1, 0.15) is 52.0 Å². The monoisotopic (exact) mass is 272 g/mol. The quantitative estimate of drug-likeness (QED) is 0.860. The molecule has 1 unspecified atom stereocenters. The number of nitrogens with zero attached hydrogens (tertiary/aromatic N) is 1. The van der Waals surface area contributed by atoms with E-state index in [1.165, 1.54) is 0 Å². The Kier molecular flexibility index (Phi) is 4.83. The molecule has 1 atom stereocenters. The van der Waals surface area contributed by atoms with E-state index in [4.69, 9.17) is 5.73 Å². The lowest BCUT2D eigenvalue weighted by Gasteiger charge is -2.22. The summed E-state index contributed by atoms with van der Waals surface area (Å²) in [5.74, 6) is 0.586. The van der Waals surface area contributed by atoms with Gasteiger partial charge in [-0.3, -0.25) is 9.36 Å². The zero-order valence-electron chi connectivity index (χ0n) is 12.4. The Labute approximate surface area is 120 Å². The molecule has 0 radical (unpaired) electrons. The van der Waals surface area contributed by atoms with Crippen molar-refractivity contribution in [3.63, 3.8) is 0 Å². The first kappa shape index (κ1) is 14.6. The van der Waals surface area contributed by atoms with Crippen molar-refractivity contribution in [1.29, 1.82) is 0 Å². The minimum Gasteiger partial charge on any atom is -0.385 e. The highest BCUT2D eigenvalue weighted by atomic mass is 16.1. The Hall–Kier alpha value is -1.77. The summed E-state index contributed by atoms with van der Waals surface area (Å²) in [6, 6.07) is 9.81. The number of rotatable bonds is 6. The van der Waals surface area contributed by atoms with Crippen LogP contribution in [-0.2, 0) is 0 Å². The van der Waals surface area contributed by atoms with Crippen molar-refractivity contribution in [1.82, 2.24) is 4.57 Å². The van der Waals surface area contributed by atoms with Crippen molar-refractivity contribution in [3.8, 4) is 0 Å². The average Bonchev–Trinajstić information content (AvgIpc) is 2.44. The van der Waals surface area contributed by atoms with Gasteiger partial charge < -0.3 is 5.73 Å². The predicted octanol–water partition coefficient (Wildman–Crippen LogP) is 4.12. The Morgan fingerprint density at radius 1 is 1.15 bits per heavy atom. The molecule has 0 saturated carbocycles. The smallest absolute Gasteiger partial charge is 0.260 e. The van der Waals surface area contributed by atoms with Gasteiger partial charge in [0.25, 0.3) is 5.56 Å². The van der Waals surface area contributed by atoms with Crippen LogP contribution in [-0.4, -0.2) is 4.57 Å². The van der Waals surface area contributed by atoms with Crippen LogP contribution in [0, 0.1) is 0 Å². The number of nitrogen functional groups attached to an aromatic ring is 1. The predicted molar refractivity (Wildman–Crippen MR) is 86.1 cm³/mol. The third-order valence-corrected chi connectivity index (χ3v) is 3.87. The third kappa shape index (κ3) is 2.87. The lowest BCUT2D eigenvalue weighted by Crippen LogP contribution is -2.27. The van der Waals surface area contributed by atoms with Gasteiger partial charge in [-0.05, 0) is 30.4 Å². The van der Waals surface area contributed by atoms with Gasteiger partial charge in [-0.2, -0.15) is 0 Å². The van der Waals surface area contributed by atoms with E-state index in [0.29, 0.717) is 5.82 Å². The van der Waals surface area contributed by atoms with Crippen molar-refractivity contribution < 1.29 is 0 Å². The fourth-order valence-electron chi connectivity index (χ4n) is 2.85. The fourth-order valence-corrected chi connectivity index (χ4v) is 2.85. The van der Waals surface area contributed by atoms with E-state index in [-0.39, 0.29) is 11.6 Å². The molecule has 3 heteroatoms. The van der Waals surface area contributed by atoms with Crippen molar-refractivity contribution in [3.05, 3.63) is 40.7 Å². The van der Waals surface area contributed by atoms with Crippen LogP contribution < -0.4 is 11.3 Å². The number of anilines is 1. The summed E-state index contributed by atoms with van der Waals surface area (Å²) in [6.45, 7) is 4.33. The minimum atomic E-state index is 0.0511. The summed E-state index contributed by atoms with van der Waals surface area (Å²) in [5, 5.41) is 1.69. The summed E-state index contributed by atoms with van der Waals surface area (Å²) in [4.78, 5) is 12.7. The van der Waals surface area contributed by atoms with E-state index < -0.39 is 0 Å². The number of unbranched alkanes of at least 4 members (excludes halogenated alkanes) is 1. The summed E-state index contributed by atoms with van der Waals surface area (Å²) in [7, 11) is 0. The molecule has 20 heavy (non-hydrogen) atoms. The first-order chi connectivity index (χ1) is 9.69. The normalized spacial score (nSPS) is 12.7. The van der Waals surface area contributed by atoms with E-state index in [1.807, 2.05) is 34.9 Å². The van der Waals surface area contributed by atoms with Gasteiger partial charge >= 0.3 is 0 Å². The Morgan fingerprint density at radius 3 is 2.60 bits per heavy atom. The second kappa shape index (κ2) is 6.60. The van der Waals surface area contributed by atoms with Gasteiger partial charge in [0.05, 0.1) is 0 Å². The molecular weight excluding hydrogens is 248 g/mol. The minimum absolute atomic E-state index is 0.0511. The molecule has 0 spiro atoms. The van der Waals surface area contributed by atoms with Crippen LogP contribution in [0.2, 0.25) is 0 Å². The number of pyridine rings is 1. The number of benzene rings is 1. The lowest BCUT2D eigenvalue weighted by atomic mass is 10.0. The molecule has 2 N–H and O–H groups in total. The third-order valence-electron chi connectivity index (χ3n) is 3.87. The van der Waals surface area contributed by atoms with Gasteiger partial charge in [-0.1, -0.05) is 51.3 Å². The topological polar surface area (TPSA) is 48.0 Å². The first-order valence-corrected chi connectivity index (χ1v) is 7.58. The highest BCUT2D eigenvalue weighted by Crippen LogP contribution is 2.24. The second-order valence-corrected chi connectivity index (χ2v) is 5.42. The highest BCUT2D eigenvalue weighted by molar-refractivity contribution is 5.83. The largest absolute Gasteiger partial charge is 0.385 e. The van der Waals surface area contributed by atoms with Crippen molar-refractivity contribution in [2.45, 2.75) is 52.0 Å². The molecular formula is C17H24N2O. The maximum atomic E-state index is 12.7. The van der Waals surface area contributed by atoms with E-state index in [1.54, 1.807) is 0 Å². The number of nitrogens with two attached hydrogens (primary N) is 1. The van der Waals surface area contributed by atoms with Crippen LogP contribution >= 0.6 is 0 Å². The SMILES string of the molecule is CCCCC(CCC)n1c(N)cc2ccccc2c1=O. The van der Waals surface area contributed by atoms with Gasteiger partial charge in [0.2, 0.25) is 0 Å². The lowest BCUT2D eigenvalue weighted by molar-refractivity contribution is 0.414. The average molecular weight is 272 g/mol. The second-order valence-electron chi connectivity index (χ2n) is 5.42. The molecule has 2 aromatic rings. The molecule has 0 aliphatic rings. The summed E-state index contributed by atoms with van der Waals surface area (Å²) >= 11 is 0. The van der Waals surface area contributed by atoms with Crippen molar-refractivity contribution >= 4 is 16.6 Å². The Bertz CT molecular complexity index is 630. The summed E-state index contributed by atoms with van der Waals surface area (Å²) < 4.78 is 1.81. The first-order valence-electron chi connectivity index (χ1n) is 7.58. The van der Waals surface area contributed by atoms with Gasteiger partial charge in [0.1, 0.15) is 5.82 Å². The molecule has 1 heterocycles. The van der Waals surface area contributed by atoms with Gasteiger partial charge in [-0.25, -0.2) is 0 Å². The molecule has 0 fully saturated rings. The molecule has 1 aromatic carbocycles. The summed E-state index contributed by atoms with van der Waals surface area (Å²) in [6.07, 6.45) is 5.36. The molecule has 0 bridgehead atoms. The van der Waals surface area contributed by atoms with E-state index in [2.05, 4.69) is 13.8 Å². The van der Waals surface area contributed by atoms with Crippen LogP contribution in [0.5, 0.6) is 0 Å². The molecule has 3 nitrogen and oxygen atoms in total. The molecule has 0 aliphatic carbocycles. The van der Waals surface area contributed by atoms with Gasteiger partial charge in [0.15, 0.2) is 0 Å². The molecule has 0 amide bonds. The van der Waals surface area contributed by atoms with Crippen LogP contribution in [0.4, 0.5) is 5.82 Å². The van der Waals surface area contributed by atoms with Crippen LogP contribution in [0.15, 0.2) is 35.1 Å². The number of hydrogen-bond acceptors (Lipinski definition) is 2. The molecule has 2 rings (SSSR count). The van der Waals surface area contributed by atoms with Crippen LogP contribution in [0.25, 0.3) is 10.8 Å². The maximum absolute atomic E-state index is 12.7. The highest BCUT2D eigenvalue weighted by Gasteiger charge is 2.15. The number of aromatic nitrogens is 1. The van der Waals surface area contributed by atoms with Gasteiger partial charge in [0, 0.05) is 11.4 Å². The molecule has 1 aromatic heterocycles.